The van der Waals surface area contributed by atoms with Gasteiger partial charge in [-0.05, 0) is 42.1 Å². The van der Waals surface area contributed by atoms with Crippen molar-refractivity contribution in [3.05, 3.63) is 30.1 Å². The molecule has 2 N–H and O–H groups in total. The van der Waals surface area contributed by atoms with E-state index in [0.29, 0.717) is 11.6 Å². The number of rotatable bonds is 5. The molecule has 0 aliphatic rings. The maximum absolute atomic E-state index is 12.7. The minimum atomic E-state index is -0.310. The van der Waals surface area contributed by atoms with Crippen molar-refractivity contribution < 1.29 is 9.18 Å². The van der Waals surface area contributed by atoms with E-state index in [1.165, 1.54) is 12.1 Å². The largest absolute Gasteiger partial charge is 0.325 e. The lowest BCUT2D eigenvalue weighted by Gasteiger charge is -2.27. The van der Waals surface area contributed by atoms with Gasteiger partial charge < -0.3 is 10.6 Å². The summed E-state index contributed by atoms with van der Waals surface area (Å²) >= 11 is 0. The summed E-state index contributed by atoms with van der Waals surface area (Å²) in [6.45, 7) is 9.75. The van der Waals surface area contributed by atoms with E-state index in [-0.39, 0.29) is 23.7 Å². The second-order valence-corrected chi connectivity index (χ2v) is 5.95. The van der Waals surface area contributed by atoms with Crippen molar-refractivity contribution in [1.82, 2.24) is 5.32 Å². The molecule has 1 amide bonds. The Morgan fingerprint density at radius 1 is 1.26 bits per heavy atom. The highest BCUT2D eigenvalue weighted by Gasteiger charge is 2.19. The van der Waals surface area contributed by atoms with Crippen LogP contribution in [0, 0.1) is 17.2 Å². The predicted octanol–water partition coefficient (Wildman–Crippen LogP) is 3.04. The normalized spacial score (nSPS) is 13.1. The number of amides is 1. The summed E-state index contributed by atoms with van der Waals surface area (Å²) in [5, 5.41) is 5.85. The van der Waals surface area contributed by atoms with Crippen molar-refractivity contribution >= 4 is 11.6 Å². The highest BCUT2D eigenvalue weighted by Crippen LogP contribution is 2.24. The highest BCUT2D eigenvalue weighted by atomic mass is 19.1. The summed E-state index contributed by atoms with van der Waals surface area (Å²) in [4.78, 5) is 11.7. The van der Waals surface area contributed by atoms with Crippen LogP contribution in [0.25, 0.3) is 0 Å². The van der Waals surface area contributed by atoms with E-state index in [1.807, 2.05) is 0 Å². The molecule has 1 aromatic carbocycles. The van der Waals surface area contributed by atoms with Gasteiger partial charge in [-0.3, -0.25) is 4.79 Å². The van der Waals surface area contributed by atoms with Crippen LogP contribution >= 0.6 is 0 Å². The first-order valence-corrected chi connectivity index (χ1v) is 6.55. The minimum absolute atomic E-state index is 0.118. The van der Waals surface area contributed by atoms with E-state index in [1.54, 1.807) is 12.1 Å². The smallest absolute Gasteiger partial charge is 0.238 e. The second-order valence-electron chi connectivity index (χ2n) is 5.95. The molecule has 0 spiro atoms. The fourth-order valence-electron chi connectivity index (χ4n) is 1.45. The molecule has 0 radical (unpaired) electrons. The third kappa shape index (κ3) is 5.83. The Hall–Kier alpha value is -1.42. The van der Waals surface area contributed by atoms with E-state index in [0.717, 1.165) is 6.54 Å². The van der Waals surface area contributed by atoms with Crippen LogP contribution in [0.5, 0.6) is 0 Å². The standard InChI is InChI=1S/C15H23FN2O/c1-11(15(2,3)4)9-17-10-14(19)18-13-7-5-12(16)6-8-13/h5-8,11,17H,9-10H2,1-4H3,(H,18,19). The first-order valence-electron chi connectivity index (χ1n) is 6.55. The molecule has 19 heavy (non-hydrogen) atoms. The van der Waals surface area contributed by atoms with Crippen molar-refractivity contribution in [3.63, 3.8) is 0 Å². The van der Waals surface area contributed by atoms with Crippen LogP contribution in [0.3, 0.4) is 0 Å². The van der Waals surface area contributed by atoms with Gasteiger partial charge in [-0.2, -0.15) is 0 Å². The third-order valence-electron chi connectivity index (χ3n) is 3.34. The van der Waals surface area contributed by atoms with E-state index in [9.17, 15) is 9.18 Å². The Morgan fingerprint density at radius 2 is 1.84 bits per heavy atom. The van der Waals surface area contributed by atoms with Crippen LogP contribution in [0.2, 0.25) is 0 Å². The van der Waals surface area contributed by atoms with Crippen molar-refractivity contribution in [2.45, 2.75) is 27.7 Å². The van der Waals surface area contributed by atoms with Crippen molar-refractivity contribution in [2.75, 3.05) is 18.4 Å². The topological polar surface area (TPSA) is 41.1 Å². The lowest BCUT2D eigenvalue weighted by Crippen LogP contribution is -2.34. The van der Waals surface area contributed by atoms with Crippen LogP contribution in [0.15, 0.2) is 24.3 Å². The molecule has 0 aliphatic heterocycles. The van der Waals surface area contributed by atoms with Crippen molar-refractivity contribution in [1.29, 1.82) is 0 Å². The average molecular weight is 266 g/mol. The highest BCUT2D eigenvalue weighted by molar-refractivity contribution is 5.92. The molecule has 1 aromatic rings. The van der Waals surface area contributed by atoms with E-state index >= 15 is 0 Å². The number of carbonyl (C=O) groups excluding carboxylic acids is 1. The number of hydrogen-bond donors (Lipinski definition) is 2. The zero-order valence-electron chi connectivity index (χ0n) is 12.1. The van der Waals surface area contributed by atoms with Gasteiger partial charge in [-0.15, -0.1) is 0 Å². The summed E-state index contributed by atoms with van der Waals surface area (Å²) in [5.41, 5.74) is 0.831. The SMILES string of the molecule is CC(CNCC(=O)Nc1ccc(F)cc1)C(C)(C)C. The van der Waals surface area contributed by atoms with Gasteiger partial charge in [0, 0.05) is 5.69 Å². The van der Waals surface area contributed by atoms with Crippen LogP contribution < -0.4 is 10.6 Å². The Bertz CT molecular complexity index is 409. The molecule has 0 fully saturated rings. The summed E-state index contributed by atoms with van der Waals surface area (Å²) < 4.78 is 12.7. The van der Waals surface area contributed by atoms with Crippen molar-refractivity contribution in [3.8, 4) is 0 Å². The number of halogens is 1. The number of nitrogens with one attached hydrogen (secondary N) is 2. The summed E-state index contributed by atoms with van der Waals surface area (Å²) in [6.07, 6.45) is 0. The van der Waals surface area contributed by atoms with E-state index in [2.05, 4.69) is 38.3 Å². The second kappa shape index (κ2) is 6.66. The molecule has 0 saturated heterocycles. The Kier molecular flexibility index (Phi) is 5.48. The molecule has 0 heterocycles. The number of benzene rings is 1. The molecule has 1 rings (SSSR count). The van der Waals surface area contributed by atoms with Gasteiger partial charge >= 0.3 is 0 Å². The zero-order chi connectivity index (χ0) is 14.5. The Labute approximate surface area is 114 Å². The quantitative estimate of drug-likeness (QED) is 0.860. The summed E-state index contributed by atoms with van der Waals surface area (Å²) in [6, 6.07) is 5.74. The van der Waals surface area contributed by atoms with Gasteiger partial charge in [0.1, 0.15) is 5.82 Å². The first kappa shape index (κ1) is 15.6. The molecule has 1 atom stereocenters. The van der Waals surface area contributed by atoms with E-state index in [4.69, 9.17) is 0 Å². The molecule has 4 heteroatoms. The molecule has 0 saturated carbocycles. The lowest BCUT2D eigenvalue weighted by molar-refractivity contribution is -0.115. The fourth-order valence-corrected chi connectivity index (χ4v) is 1.45. The van der Waals surface area contributed by atoms with Crippen LogP contribution in [-0.4, -0.2) is 19.0 Å². The Morgan fingerprint density at radius 3 is 2.37 bits per heavy atom. The van der Waals surface area contributed by atoms with Gasteiger partial charge in [0.15, 0.2) is 0 Å². The molecule has 0 aromatic heterocycles. The van der Waals surface area contributed by atoms with Gasteiger partial charge in [0.05, 0.1) is 6.54 Å². The average Bonchev–Trinajstić information content (AvgIpc) is 2.31. The van der Waals surface area contributed by atoms with Crippen LogP contribution in [-0.2, 0) is 4.79 Å². The molecule has 106 valence electrons. The van der Waals surface area contributed by atoms with Crippen LogP contribution in [0.1, 0.15) is 27.7 Å². The monoisotopic (exact) mass is 266 g/mol. The lowest BCUT2D eigenvalue weighted by atomic mass is 9.82. The molecular weight excluding hydrogens is 243 g/mol. The molecule has 0 aliphatic carbocycles. The van der Waals surface area contributed by atoms with Gasteiger partial charge in [-0.1, -0.05) is 27.7 Å². The molecule has 0 bridgehead atoms. The summed E-state index contributed by atoms with van der Waals surface area (Å²) in [7, 11) is 0. The Balaban J connectivity index is 2.31. The molecule has 1 unspecified atom stereocenters. The zero-order valence-corrected chi connectivity index (χ0v) is 12.1. The molecule has 3 nitrogen and oxygen atoms in total. The predicted molar refractivity (Wildman–Crippen MR) is 76.5 cm³/mol. The van der Waals surface area contributed by atoms with Gasteiger partial charge in [-0.25, -0.2) is 4.39 Å². The third-order valence-corrected chi connectivity index (χ3v) is 3.34. The fraction of sp³-hybridized carbons (Fsp3) is 0.533. The van der Waals surface area contributed by atoms with Gasteiger partial charge in [0.25, 0.3) is 0 Å². The maximum atomic E-state index is 12.7. The number of carbonyl (C=O) groups is 1. The summed E-state index contributed by atoms with van der Waals surface area (Å²) in [5.74, 6) is 0.0500. The minimum Gasteiger partial charge on any atom is -0.325 e. The number of anilines is 1. The maximum Gasteiger partial charge on any atom is 0.238 e. The van der Waals surface area contributed by atoms with Crippen molar-refractivity contribution in [2.24, 2.45) is 11.3 Å². The number of hydrogen-bond acceptors (Lipinski definition) is 2. The van der Waals surface area contributed by atoms with Gasteiger partial charge in [0.2, 0.25) is 5.91 Å². The molecular formula is C15H23FN2O. The van der Waals surface area contributed by atoms with E-state index < -0.39 is 0 Å². The van der Waals surface area contributed by atoms with Crippen LogP contribution in [0.4, 0.5) is 10.1 Å². The first-order chi connectivity index (χ1) is 8.79.